The highest BCUT2D eigenvalue weighted by Crippen LogP contribution is 1.86. The second-order valence-electron chi connectivity index (χ2n) is 1.54. The number of rotatable bonds is 3. The van der Waals surface area contributed by atoms with Crippen molar-refractivity contribution < 1.29 is 19.8 Å². The number of hydrogen-bond acceptors (Lipinski definition) is 3. The second kappa shape index (κ2) is 5.01. The summed E-state index contributed by atoms with van der Waals surface area (Å²) >= 11 is 0. The van der Waals surface area contributed by atoms with Crippen LogP contribution in [-0.2, 0) is 9.59 Å². The summed E-state index contributed by atoms with van der Waals surface area (Å²) in [5.41, 5.74) is 4.84. The molecule has 5 nitrogen and oxygen atoms in total. The first-order chi connectivity index (χ1) is 4.04. The lowest BCUT2D eigenvalue weighted by atomic mass is 10.2. The second-order valence-corrected chi connectivity index (χ2v) is 1.54. The van der Waals surface area contributed by atoms with E-state index in [1.807, 2.05) is 0 Å². The van der Waals surface area contributed by atoms with Crippen LogP contribution in [0.25, 0.3) is 0 Å². The quantitative estimate of drug-likeness (QED) is 0.519. The van der Waals surface area contributed by atoms with E-state index in [1.165, 1.54) is 0 Å². The normalized spacial score (nSPS) is 11.3. The number of carboxylic acids is 2. The van der Waals surface area contributed by atoms with E-state index in [0.717, 1.165) is 0 Å². The Morgan fingerprint density at radius 3 is 1.90 bits per heavy atom. The summed E-state index contributed by atoms with van der Waals surface area (Å²) in [6.07, 6.45) is -0.532. The van der Waals surface area contributed by atoms with Gasteiger partial charge in [-0.3, -0.25) is 9.59 Å². The van der Waals surface area contributed by atoms with Gasteiger partial charge in [0.25, 0.3) is 0 Å². The van der Waals surface area contributed by atoms with Crippen LogP contribution in [0.5, 0.6) is 0 Å². The van der Waals surface area contributed by atoms with Crippen molar-refractivity contribution in [1.82, 2.24) is 0 Å². The molecule has 0 radical (unpaired) electrons. The van der Waals surface area contributed by atoms with Gasteiger partial charge >= 0.3 is 11.9 Å². The van der Waals surface area contributed by atoms with Gasteiger partial charge in [0.2, 0.25) is 0 Å². The molecule has 0 spiro atoms. The summed E-state index contributed by atoms with van der Waals surface area (Å²) in [4.78, 5) is 19.6. The first-order valence-corrected chi connectivity index (χ1v) is 2.24. The molecule has 4 N–H and O–H groups in total. The van der Waals surface area contributed by atoms with Gasteiger partial charge in [0.15, 0.2) is 0 Å². The highest BCUT2D eigenvalue weighted by atomic mass is 35.5. The minimum atomic E-state index is -1.29. The molecule has 0 aliphatic rings. The van der Waals surface area contributed by atoms with E-state index in [4.69, 9.17) is 15.9 Å². The molecule has 6 heteroatoms. The van der Waals surface area contributed by atoms with Crippen LogP contribution in [0.15, 0.2) is 0 Å². The van der Waals surface area contributed by atoms with Crippen LogP contribution in [-0.4, -0.2) is 28.2 Å². The van der Waals surface area contributed by atoms with Gasteiger partial charge in [-0.1, -0.05) is 0 Å². The molecular formula is C4H8ClNO4. The molecular weight excluding hydrogens is 161 g/mol. The average molecular weight is 170 g/mol. The smallest absolute Gasteiger partial charge is 0.321 e. The zero-order valence-corrected chi connectivity index (χ0v) is 5.80. The number of halogens is 1. The van der Waals surface area contributed by atoms with Gasteiger partial charge in [0.1, 0.15) is 6.04 Å². The molecule has 0 aliphatic carbocycles. The third-order valence-electron chi connectivity index (χ3n) is 0.712. The first kappa shape index (κ1) is 11.9. The molecule has 1 atom stereocenters. The SMILES string of the molecule is Cl.NC(CC(=O)O)C(=O)O. The Kier molecular flexibility index (Phi) is 5.98. The van der Waals surface area contributed by atoms with Crippen LogP contribution in [0.1, 0.15) is 6.42 Å². The van der Waals surface area contributed by atoms with E-state index >= 15 is 0 Å². The lowest BCUT2D eigenvalue weighted by Gasteiger charge is -1.99. The molecule has 0 rings (SSSR count). The molecule has 0 aromatic heterocycles. The molecule has 0 amide bonds. The fraction of sp³-hybridized carbons (Fsp3) is 0.500. The lowest BCUT2D eigenvalue weighted by molar-refractivity contribution is -0.144. The van der Waals surface area contributed by atoms with E-state index in [2.05, 4.69) is 0 Å². The maximum absolute atomic E-state index is 9.85. The maximum Gasteiger partial charge on any atom is 0.321 e. The highest BCUT2D eigenvalue weighted by Gasteiger charge is 2.14. The molecule has 0 aliphatic heterocycles. The van der Waals surface area contributed by atoms with Gasteiger partial charge in [-0.2, -0.15) is 0 Å². The largest absolute Gasteiger partial charge is 0.481 e. The van der Waals surface area contributed by atoms with Crippen molar-refractivity contribution in [3.63, 3.8) is 0 Å². The average Bonchev–Trinajstić information content (AvgIpc) is 1.63. The third-order valence-corrected chi connectivity index (χ3v) is 0.712. The Labute approximate surface area is 63.2 Å². The summed E-state index contributed by atoms with van der Waals surface area (Å²) in [6.45, 7) is 0. The van der Waals surface area contributed by atoms with Crippen molar-refractivity contribution in [3.05, 3.63) is 0 Å². The summed E-state index contributed by atoms with van der Waals surface area (Å²) in [5.74, 6) is -2.50. The van der Waals surface area contributed by atoms with Crippen LogP contribution < -0.4 is 5.73 Å². The molecule has 0 fully saturated rings. The highest BCUT2D eigenvalue weighted by molar-refractivity contribution is 5.85. The Morgan fingerprint density at radius 1 is 1.40 bits per heavy atom. The Balaban J connectivity index is 0. The number of nitrogens with two attached hydrogens (primary N) is 1. The topological polar surface area (TPSA) is 101 Å². The number of carbonyl (C=O) groups is 2. The minimum absolute atomic E-state index is 0. The van der Waals surface area contributed by atoms with E-state index in [1.54, 1.807) is 0 Å². The number of carboxylic acid groups (broad SMARTS) is 2. The molecule has 60 valence electrons. The van der Waals surface area contributed by atoms with Crippen molar-refractivity contribution in [1.29, 1.82) is 0 Å². The summed E-state index contributed by atoms with van der Waals surface area (Å²) in [7, 11) is 0. The van der Waals surface area contributed by atoms with Crippen molar-refractivity contribution in [2.45, 2.75) is 12.5 Å². The van der Waals surface area contributed by atoms with E-state index < -0.39 is 24.4 Å². The maximum atomic E-state index is 9.85. The monoisotopic (exact) mass is 169 g/mol. The summed E-state index contributed by atoms with van der Waals surface area (Å²) in [5, 5.41) is 16.0. The van der Waals surface area contributed by atoms with E-state index in [9.17, 15) is 9.59 Å². The number of aliphatic carboxylic acids is 2. The van der Waals surface area contributed by atoms with Crippen LogP contribution in [0.2, 0.25) is 0 Å². The third kappa shape index (κ3) is 5.33. The van der Waals surface area contributed by atoms with Gasteiger partial charge < -0.3 is 15.9 Å². The first-order valence-electron chi connectivity index (χ1n) is 2.24. The molecule has 0 aromatic carbocycles. The van der Waals surface area contributed by atoms with Gasteiger partial charge in [0.05, 0.1) is 6.42 Å². The lowest BCUT2D eigenvalue weighted by Crippen LogP contribution is -2.32. The molecule has 10 heavy (non-hydrogen) atoms. The van der Waals surface area contributed by atoms with Gasteiger partial charge in [-0.05, 0) is 0 Å². The van der Waals surface area contributed by atoms with Crippen LogP contribution in [0.4, 0.5) is 0 Å². The van der Waals surface area contributed by atoms with Gasteiger partial charge in [-0.15, -0.1) is 12.4 Å². The Hall–Kier alpha value is -0.810. The van der Waals surface area contributed by atoms with Gasteiger partial charge in [-0.25, -0.2) is 0 Å². The van der Waals surface area contributed by atoms with Gasteiger partial charge in [0, 0.05) is 0 Å². The minimum Gasteiger partial charge on any atom is -0.481 e. The Bertz CT molecular complexity index is 137. The van der Waals surface area contributed by atoms with Crippen molar-refractivity contribution in [2.75, 3.05) is 0 Å². The predicted octanol–water partition coefficient (Wildman–Crippen LogP) is -0.705. The van der Waals surface area contributed by atoms with E-state index in [-0.39, 0.29) is 12.4 Å². The molecule has 1 unspecified atom stereocenters. The zero-order valence-electron chi connectivity index (χ0n) is 4.98. The predicted molar refractivity (Wildman–Crippen MR) is 35.1 cm³/mol. The standard InChI is InChI=1S/C4H7NO4.ClH/c5-2(4(8)9)1-3(6)7;/h2H,1,5H2,(H,6,7)(H,8,9);1H. The molecule has 0 aromatic rings. The molecule has 0 heterocycles. The molecule has 0 saturated heterocycles. The van der Waals surface area contributed by atoms with Crippen LogP contribution >= 0.6 is 12.4 Å². The summed E-state index contributed by atoms with van der Waals surface area (Å²) in [6, 6.07) is -1.29. The fourth-order valence-electron chi connectivity index (χ4n) is 0.275. The number of hydrogen-bond donors (Lipinski definition) is 3. The molecule has 0 bridgehead atoms. The van der Waals surface area contributed by atoms with Crippen molar-refractivity contribution >= 4 is 24.3 Å². The van der Waals surface area contributed by atoms with Crippen LogP contribution in [0.3, 0.4) is 0 Å². The van der Waals surface area contributed by atoms with Crippen molar-refractivity contribution in [3.8, 4) is 0 Å². The summed E-state index contributed by atoms with van der Waals surface area (Å²) < 4.78 is 0. The molecule has 0 saturated carbocycles. The zero-order chi connectivity index (χ0) is 7.44. The van der Waals surface area contributed by atoms with Crippen LogP contribution in [0, 0.1) is 0 Å². The van der Waals surface area contributed by atoms with E-state index in [0.29, 0.717) is 0 Å². The van der Waals surface area contributed by atoms with Crippen molar-refractivity contribution in [2.24, 2.45) is 5.73 Å². The Morgan fingerprint density at radius 2 is 1.80 bits per heavy atom. The fourth-order valence-corrected chi connectivity index (χ4v) is 0.275.